The van der Waals surface area contributed by atoms with Crippen LogP contribution in [0.1, 0.15) is 42.5 Å². The molecule has 1 aliphatic rings. The van der Waals surface area contributed by atoms with Crippen molar-refractivity contribution in [1.29, 1.82) is 0 Å². The Bertz CT molecular complexity index is 1650. The number of halogens is 2. The standard InChI is InChI=1S/C29H28BrClN6O5/c1-29(2,3)42-28(39)37-11-9-19-23(27(37)38)25(36-20-7-5-6-18(31)26(20)40-4)24(35-19)17-8-10-32-13-21(17)41-15-16-12-33-14-22(30)34-16/h5-8,10,12-14,35-36H,9,11,15H2,1-4H3. The molecular formula is C29H28BrClN6O5. The summed E-state index contributed by atoms with van der Waals surface area (Å²) in [7, 11) is 1.51. The van der Waals surface area contributed by atoms with Crippen molar-refractivity contribution >= 4 is 50.9 Å². The monoisotopic (exact) mass is 654 g/mol. The molecule has 0 fully saturated rings. The van der Waals surface area contributed by atoms with Gasteiger partial charge in [0.05, 0.1) is 59.0 Å². The van der Waals surface area contributed by atoms with E-state index in [9.17, 15) is 9.59 Å². The Morgan fingerprint density at radius 1 is 1.19 bits per heavy atom. The summed E-state index contributed by atoms with van der Waals surface area (Å²) in [6.07, 6.45) is 6.07. The summed E-state index contributed by atoms with van der Waals surface area (Å²) in [4.78, 5) is 44.1. The zero-order chi connectivity index (χ0) is 30.0. The van der Waals surface area contributed by atoms with E-state index in [-0.39, 0.29) is 13.2 Å². The number of ether oxygens (including phenoxy) is 3. The van der Waals surface area contributed by atoms with Gasteiger partial charge in [-0.25, -0.2) is 14.7 Å². The number of methoxy groups -OCH3 is 1. The summed E-state index contributed by atoms with van der Waals surface area (Å²) in [5.41, 5.74) is 2.91. The molecular weight excluding hydrogens is 628 g/mol. The number of imide groups is 1. The Labute approximate surface area is 255 Å². The fourth-order valence-corrected chi connectivity index (χ4v) is 5.10. The minimum Gasteiger partial charge on any atom is -0.493 e. The highest BCUT2D eigenvalue weighted by molar-refractivity contribution is 9.10. The number of para-hydroxylation sites is 1. The molecule has 0 aliphatic carbocycles. The first-order valence-electron chi connectivity index (χ1n) is 13.0. The van der Waals surface area contributed by atoms with Crippen LogP contribution in [-0.4, -0.2) is 56.1 Å². The van der Waals surface area contributed by atoms with Gasteiger partial charge in [0.1, 0.15) is 22.6 Å². The third-order valence-electron chi connectivity index (χ3n) is 6.25. The van der Waals surface area contributed by atoms with E-state index < -0.39 is 17.6 Å². The number of amides is 2. The van der Waals surface area contributed by atoms with E-state index in [1.165, 1.54) is 7.11 Å². The van der Waals surface area contributed by atoms with Crippen LogP contribution in [0.5, 0.6) is 11.5 Å². The molecule has 2 amide bonds. The first-order chi connectivity index (χ1) is 20.1. The average molecular weight is 656 g/mol. The normalized spacial score (nSPS) is 13.0. The highest BCUT2D eigenvalue weighted by Gasteiger charge is 2.37. The highest BCUT2D eigenvalue weighted by Crippen LogP contribution is 2.43. The maximum Gasteiger partial charge on any atom is 0.417 e. The predicted molar refractivity (Wildman–Crippen MR) is 160 cm³/mol. The Kier molecular flexibility index (Phi) is 8.37. The molecule has 0 atom stereocenters. The van der Waals surface area contributed by atoms with Crippen molar-refractivity contribution in [2.75, 3.05) is 19.0 Å². The maximum absolute atomic E-state index is 13.9. The summed E-state index contributed by atoms with van der Waals surface area (Å²) in [5.74, 6) is 0.333. The molecule has 13 heteroatoms. The van der Waals surface area contributed by atoms with Crippen LogP contribution >= 0.6 is 27.5 Å². The van der Waals surface area contributed by atoms with Gasteiger partial charge in [-0.1, -0.05) is 17.7 Å². The number of nitrogens with one attached hydrogen (secondary N) is 2. The molecule has 11 nitrogen and oxygen atoms in total. The van der Waals surface area contributed by atoms with Crippen molar-refractivity contribution < 1.29 is 23.8 Å². The zero-order valence-electron chi connectivity index (χ0n) is 23.3. The minimum atomic E-state index is -0.766. The van der Waals surface area contributed by atoms with Crippen LogP contribution in [0.25, 0.3) is 11.3 Å². The van der Waals surface area contributed by atoms with Crippen molar-refractivity contribution in [3.63, 3.8) is 0 Å². The number of carbonyl (C=O) groups excluding carboxylic acids is 2. The second-order valence-corrected chi connectivity index (χ2v) is 11.6. The molecule has 0 bridgehead atoms. The number of carbonyl (C=O) groups is 2. The maximum atomic E-state index is 13.9. The van der Waals surface area contributed by atoms with Crippen molar-refractivity contribution in [2.24, 2.45) is 0 Å². The molecule has 4 heterocycles. The molecule has 42 heavy (non-hydrogen) atoms. The van der Waals surface area contributed by atoms with Gasteiger partial charge in [0.15, 0.2) is 5.75 Å². The van der Waals surface area contributed by atoms with E-state index in [1.807, 2.05) is 0 Å². The van der Waals surface area contributed by atoms with Gasteiger partial charge >= 0.3 is 6.09 Å². The minimum absolute atomic E-state index is 0.127. The summed E-state index contributed by atoms with van der Waals surface area (Å²) in [6, 6.07) is 7.02. The fourth-order valence-electron chi connectivity index (χ4n) is 4.51. The van der Waals surface area contributed by atoms with Gasteiger partial charge in [-0.05, 0) is 54.9 Å². The number of anilines is 2. The van der Waals surface area contributed by atoms with Crippen LogP contribution in [0.4, 0.5) is 16.2 Å². The van der Waals surface area contributed by atoms with Gasteiger partial charge in [0.2, 0.25) is 0 Å². The van der Waals surface area contributed by atoms with Gasteiger partial charge in [-0.15, -0.1) is 0 Å². The molecule has 1 aliphatic heterocycles. The second kappa shape index (κ2) is 12.0. The van der Waals surface area contributed by atoms with E-state index in [1.54, 1.807) is 69.8 Å². The van der Waals surface area contributed by atoms with Crippen LogP contribution in [0.3, 0.4) is 0 Å². The molecule has 3 aromatic heterocycles. The number of pyridine rings is 1. The third-order valence-corrected chi connectivity index (χ3v) is 6.93. The number of hydrogen-bond acceptors (Lipinski definition) is 9. The molecule has 0 spiro atoms. The van der Waals surface area contributed by atoms with E-state index in [2.05, 4.69) is 41.2 Å². The average Bonchev–Trinajstić information content (AvgIpc) is 3.30. The number of rotatable bonds is 7. The lowest BCUT2D eigenvalue weighted by molar-refractivity contribution is 0.0233. The highest BCUT2D eigenvalue weighted by atomic mass is 79.9. The van der Waals surface area contributed by atoms with Crippen molar-refractivity contribution in [3.8, 4) is 22.8 Å². The lowest BCUT2D eigenvalue weighted by Crippen LogP contribution is -2.44. The first-order valence-corrected chi connectivity index (χ1v) is 14.2. The van der Waals surface area contributed by atoms with Gasteiger partial charge in [0, 0.05) is 30.4 Å². The quantitative estimate of drug-likeness (QED) is 0.228. The van der Waals surface area contributed by atoms with Gasteiger partial charge < -0.3 is 24.5 Å². The van der Waals surface area contributed by atoms with Crippen molar-refractivity contribution in [3.05, 3.63) is 75.6 Å². The number of nitrogens with zero attached hydrogens (tertiary/aromatic N) is 4. The predicted octanol–water partition coefficient (Wildman–Crippen LogP) is 6.55. The van der Waals surface area contributed by atoms with Crippen LogP contribution in [0.15, 0.2) is 53.7 Å². The van der Waals surface area contributed by atoms with Crippen LogP contribution in [0, 0.1) is 0 Å². The number of H-pyrrole nitrogens is 1. The van der Waals surface area contributed by atoms with Crippen molar-refractivity contribution in [2.45, 2.75) is 39.4 Å². The van der Waals surface area contributed by atoms with E-state index in [0.29, 0.717) is 67.1 Å². The molecule has 5 rings (SSSR count). The Morgan fingerprint density at radius 3 is 2.74 bits per heavy atom. The molecule has 0 saturated heterocycles. The van der Waals surface area contributed by atoms with E-state index >= 15 is 0 Å². The molecule has 1 aromatic carbocycles. The van der Waals surface area contributed by atoms with E-state index in [4.69, 9.17) is 25.8 Å². The first kappa shape index (κ1) is 29.3. The number of fused-ring (bicyclic) bond motifs is 1. The summed E-state index contributed by atoms with van der Waals surface area (Å²) in [5, 5.41) is 3.73. The smallest absolute Gasteiger partial charge is 0.417 e. The van der Waals surface area contributed by atoms with Crippen molar-refractivity contribution in [1.82, 2.24) is 24.8 Å². The van der Waals surface area contributed by atoms with Crippen LogP contribution in [-0.2, 0) is 17.8 Å². The molecule has 0 saturated carbocycles. The number of aromatic amines is 1. The van der Waals surface area contributed by atoms with E-state index in [0.717, 1.165) is 4.90 Å². The van der Waals surface area contributed by atoms with Gasteiger partial charge in [0.25, 0.3) is 5.91 Å². The van der Waals surface area contributed by atoms with Crippen LogP contribution in [0.2, 0.25) is 5.02 Å². The number of aromatic nitrogens is 4. The summed E-state index contributed by atoms with van der Waals surface area (Å²) >= 11 is 9.73. The largest absolute Gasteiger partial charge is 0.493 e. The fraction of sp³-hybridized carbons (Fsp3) is 0.276. The Hall–Kier alpha value is -4.16. The second-order valence-electron chi connectivity index (χ2n) is 10.4. The third kappa shape index (κ3) is 6.19. The molecule has 0 unspecified atom stereocenters. The lowest BCUT2D eigenvalue weighted by atomic mass is 10.0. The Morgan fingerprint density at radius 2 is 2.00 bits per heavy atom. The molecule has 4 aromatic rings. The van der Waals surface area contributed by atoms with Crippen LogP contribution < -0.4 is 14.8 Å². The SMILES string of the molecule is COc1c(Cl)cccc1Nc1c(-c2ccncc2OCc2cncc(Br)n2)[nH]c2c1C(=O)N(C(=O)OC(C)(C)C)CC2. The molecule has 0 radical (unpaired) electrons. The zero-order valence-corrected chi connectivity index (χ0v) is 25.7. The lowest BCUT2D eigenvalue weighted by Gasteiger charge is -2.29. The molecule has 218 valence electrons. The topological polar surface area (TPSA) is 132 Å². The van der Waals surface area contributed by atoms with Gasteiger partial charge in [-0.2, -0.15) is 0 Å². The number of benzene rings is 1. The number of hydrogen-bond donors (Lipinski definition) is 2. The summed E-state index contributed by atoms with van der Waals surface area (Å²) in [6.45, 7) is 5.54. The molecule has 2 N–H and O–H groups in total. The van der Waals surface area contributed by atoms with Gasteiger partial charge in [-0.3, -0.25) is 14.8 Å². The summed E-state index contributed by atoms with van der Waals surface area (Å²) < 4.78 is 17.8. The Balaban J connectivity index is 1.60.